The first-order valence-electron chi connectivity index (χ1n) is 4.40. The van der Waals surface area contributed by atoms with Crippen LogP contribution in [0.4, 0.5) is 0 Å². The van der Waals surface area contributed by atoms with Gasteiger partial charge in [0.25, 0.3) is 0 Å². The number of carbonyl (C=O) groups is 1. The van der Waals surface area contributed by atoms with Gasteiger partial charge in [-0.1, -0.05) is 32.1 Å². The van der Waals surface area contributed by atoms with E-state index in [1.54, 1.807) is 32.1 Å². The fourth-order valence-electron chi connectivity index (χ4n) is 1.23. The van der Waals surface area contributed by atoms with Gasteiger partial charge in [-0.25, -0.2) is 0 Å². The number of hydrogen-bond donors (Lipinski definition) is 0. The highest BCUT2D eigenvalue weighted by Gasteiger charge is 2.20. The molecule has 0 atom stereocenters. The topological polar surface area (TPSA) is 51.2 Å². The minimum atomic E-state index is -2.29. The molecule has 3 nitrogen and oxygen atoms in total. The minimum absolute atomic E-state index is 0.117. The van der Waals surface area contributed by atoms with E-state index in [2.05, 4.69) is 0 Å². The van der Waals surface area contributed by atoms with E-state index in [9.17, 15) is 13.2 Å². The molecule has 0 radical (unpaired) electrons. The van der Waals surface area contributed by atoms with Gasteiger partial charge >= 0.3 is 0 Å². The summed E-state index contributed by atoms with van der Waals surface area (Å²) in [6.07, 6.45) is 5.32. The summed E-state index contributed by atoms with van der Waals surface area (Å²) in [6, 6.07) is 0. The third-order valence-corrected chi connectivity index (χ3v) is 2.78. The zero-order valence-corrected chi connectivity index (χ0v) is 8.97. The fourth-order valence-corrected chi connectivity index (χ4v) is 1.81. The van der Waals surface area contributed by atoms with E-state index >= 15 is 0 Å². The quantitative estimate of drug-likeness (QED) is 0.645. The molecule has 0 fully saturated rings. The van der Waals surface area contributed by atoms with Crippen LogP contribution < -0.4 is 0 Å². The summed E-state index contributed by atoms with van der Waals surface area (Å²) in [6.45, 7) is 3.51. The number of ketones is 1. The van der Waals surface area contributed by atoms with Gasteiger partial charge in [-0.05, 0) is 0 Å². The van der Waals surface area contributed by atoms with Gasteiger partial charge in [-0.2, -0.15) is 8.42 Å². The van der Waals surface area contributed by atoms with Crippen molar-refractivity contribution in [1.29, 1.82) is 0 Å². The van der Waals surface area contributed by atoms with E-state index < -0.39 is 10.3 Å². The van der Waals surface area contributed by atoms with Crippen LogP contribution in [0.1, 0.15) is 20.3 Å². The average molecular weight is 212 g/mol. The Bertz CT molecular complexity index is 428. The molecule has 0 aromatic rings. The Hall–Kier alpha value is -1.16. The van der Waals surface area contributed by atoms with Crippen molar-refractivity contribution in [3.63, 3.8) is 0 Å². The standard InChI is InChI=1S/C10H12O3S/c1-7(2)10(11)8-5-3-4-6-9(8)14(12)13/h3-5,7H,6H2,1-2H3. The van der Waals surface area contributed by atoms with E-state index in [0.717, 1.165) is 0 Å². The van der Waals surface area contributed by atoms with Gasteiger partial charge in [0.1, 0.15) is 0 Å². The third kappa shape index (κ3) is 2.20. The van der Waals surface area contributed by atoms with Crippen LogP contribution in [0.2, 0.25) is 0 Å². The molecule has 1 aliphatic rings. The number of allylic oxidation sites excluding steroid dienone is 4. The lowest BCUT2D eigenvalue weighted by atomic mass is 9.94. The molecule has 1 rings (SSSR count). The molecular weight excluding hydrogens is 200 g/mol. The fraction of sp³-hybridized carbons (Fsp3) is 0.400. The molecule has 14 heavy (non-hydrogen) atoms. The molecular formula is C10H12O3S. The predicted molar refractivity (Wildman–Crippen MR) is 55.6 cm³/mol. The van der Waals surface area contributed by atoms with Crippen LogP contribution in [-0.4, -0.2) is 19.1 Å². The third-order valence-electron chi connectivity index (χ3n) is 1.99. The van der Waals surface area contributed by atoms with Gasteiger partial charge in [-0.15, -0.1) is 0 Å². The van der Waals surface area contributed by atoms with Gasteiger partial charge in [0.2, 0.25) is 10.3 Å². The normalized spacial score (nSPS) is 15.6. The molecule has 0 saturated heterocycles. The first kappa shape index (κ1) is 10.9. The number of hydrogen-bond acceptors (Lipinski definition) is 3. The van der Waals surface area contributed by atoms with E-state index in [-0.39, 0.29) is 16.6 Å². The summed E-state index contributed by atoms with van der Waals surface area (Å²) in [5, 5.41) is 0. The Labute approximate surface area is 84.7 Å². The second-order valence-corrected chi connectivity index (χ2v) is 4.35. The molecule has 0 spiro atoms. The molecule has 76 valence electrons. The zero-order valence-electron chi connectivity index (χ0n) is 8.15. The van der Waals surface area contributed by atoms with Crippen LogP contribution in [0.3, 0.4) is 0 Å². The van der Waals surface area contributed by atoms with Crippen LogP contribution in [0.25, 0.3) is 0 Å². The highest BCUT2D eigenvalue weighted by atomic mass is 32.2. The van der Waals surface area contributed by atoms with Crippen molar-refractivity contribution in [3.05, 3.63) is 23.8 Å². The number of Topliss-reactive ketones (excluding diaryl/α,β-unsaturated/α-hetero) is 1. The van der Waals surface area contributed by atoms with Crippen molar-refractivity contribution in [2.45, 2.75) is 20.3 Å². The van der Waals surface area contributed by atoms with Crippen LogP contribution >= 0.6 is 0 Å². The molecule has 0 amide bonds. The molecule has 0 bridgehead atoms. The number of rotatable bonds is 2. The maximum Gasteiger partial charge on any atom is 0.218 e. The summed E-state index contributed by atoms with van der Waals surface area (Å²) in [5.41, 5.74) is 0.329. The van der Waals surface area contributed by atoms with Gasteiger partial charge in [0, 0.05) is 17.9 Å². The van der Waals surface area contributed by atoms with Crippen LogP contribution in [0, 0.1) is 5.92 Å². The lowest BCUT2D eigenvalue weighted by molar-refractivity contribution is -0.117. The first-order valence-corrected chi connectivity index (χ1v) is 5.48. The molecule has 4 heteroatoms. The summed E-state index contributed by atoms with van der Waals surface area (Å²) < 4.78 is 21.7. The van der Waals surface area contributed by atoms with Crippen LogP contribution in [0.5, 0.6) is 0 Å². The van der Waals surface area contributed by atoms with E-state index in [1.165, 1.54) is 0 Å². The second kappa shape index (κ2) is 4.37. The average Bonchev–Trinajstić information content (AvgIpc) is 2.16. The van der Waals surface area contributed by atoms with Crippen molar-refractivity contribution < 1.29 is 13.2 Å². The van der Waals surface area contributed by atoms with E-state index in [4.69, 9.17) is 0 Å². The highest BCUT2D eigenvalue weighted by molar-refractivity contribution is 7.73. The summed E-state index contributed by atoms with van der Waals surface area (Å²) in [5.74, 6) is -0.292. The van der Waals surface area contributed by atoms with Crippen LogP contribution in [-0.2, 0) is 15.1 Å². The molecule has 0 heterocycles. The molecule has 0 aromatic carbocycles. The molecule has 0 N–H and O–H groups in total. The van der Waals surface area contributed by atoms with Crippen molar-refractivity contribution in [2.75, 3.05) is 0 Å². The van der Waals surface area contributed by atoms with E-state index in [1.807, 2.05) is 0 Å². The lowest BCUT2D eigenvalue weighted by Crippen LogP contribution is -2.19. The summed E-state index contributed by atoms with van der Waals surface area (Å²) in [4.78, 5) is 11.8. The SMILES string of the molecule is CC(C)C(=O)C1=CC=CCC1=S(=O)=O. The van der Waals surface area contributed by atoms with Crippen molar-refractivity contribution in [1.82, 2.24) is 0 Å². The Kier molecular flexibility index (Phi) is 3.41. The van der Waals surface area contributed by atoms with E-state index in [0.29, 0.717) is 12.0 Å². The Morgan fingerprint density at radius 2 is 2.07 bits per heavy atom. The van der Waals surface area contributed by atoms with Crippen molar-refractivity contribution in [3.8, 4) is 0 Å². The first-order chi connectivity index (χ1) is 6.54. The molecule has 1 aliphatic carbocycles. The Balaban J connectivity index is 3.19. The minimum Gasteiger partial charge on any atom is -0.294 e. The zero-order chi connectivity index (χ0) is 10.7. The Morgan fingerprint density at radius 1 is 1.43 bits per heavy atom. The predicted octanol–water partition coefficient (Wildman–Crippen LogP) is 1.15. The monoisotopic (exact) mass is 212 g/mol. The maximum atomic E-state index is 11.6. The van der Waals surface area contributed by atoms with Gasteiger partial charge < -0.3 is 0 Å². The van der Waals surface area contributed by atoms with Gasteiger partial charge in [-0.3, -0.25) is 4.79 Å². The Morgan fingerprint density at radius 3 is 2.57 bits per heavy atom. The lowest BCUT2D eigenvalue weighted by Gasteiger charge is -2.10. The van der Waals surface area contributed by atoms with Crippen LogP contribution in [0.15, 0.2) is 23.8 Å². The summed E-state index contributed by atoms with van der Waals surface area (Å²) >= 11 is 0. The van der Waals surface area contributed by atoms with Crippen molar-refractivity contribution >= 4 is 20.9 Å². The molecule has 0 aliphatic heterocycles. The number of carbonyl (C=O) groups excluding carboxylic acids is 1. The highest BCUT2D eigenvalue weighted by Crippen LogP contribution is 2.14. The smallest absolute Gasteiger partial charge is 0.218 e. The maximum absolute atomic E-state index is 11.6. The summed E-state index contributed by atoms with van der Waals surface area (Å²) in [7, 11) is -2.29. The molecule has 0 aromatic heterocycles. The molecule has 0 saturated carbocycles. The largest absolute Gasteiger partial charge is 0.294 e. The second-order valence-electron chi connectivity index (χ2n) is 3.39. The van der Waals surface area contributed by atoms with Gasteiger partial charge in [0.05, 0.1) is 4.86 Å². The van der Waals surface area contributed by atoms with Gasteiger partial charge in [0.15, 0.2) is 5.78 Å². The van der Waals surface area contributed by atoms with Crippen molar-refractivity contribution in [2.24, 2.45) is 5.92 Å². The molecule has 0 unspecified atom stereocenters.